The summed E-state index contributed by atoms with van der Waals surface area (Å²) in [5.74, 6) is -7.62. The number of primary amides is 2. The molecule has 1 aliphatic heterocycles. The number of carbonyl (C=O) groups excluding carboxylic acids is 9. The molecule has 398 valence electrons. The molecule has 2 aromatic carbocycles. The summed E-state index contributed by atoms with van der Waals surface area (Å²) in [6, 6.07) is 4.48. The number of rotatable bonds is 31. The van der Waals surface area contributed by atoms with Crippen molar-refractivity contribution in [2.75, 3.05) is 19.6 Å². The number of aromatic hydroxyl groups is 1. The van der Waals surface area contributed by atoms with E-state index in [9.17, 15) is 53.4 Å². The van der Waals surface area contributed by atoms with Gasteiger partial charge >= 0.3 is 0 Å². The van der Waals surface area contributed by atoms with Gasteiger partial charge in [0.05, 0.1) is 18.6 Å². The van der Waals surface area contributed by atoms with Gasteiger partial charge in [-0.05, 0) is 113 Å². The first kappa shape index (κ1) is 59.6. The quantitative estimate of drug-likeness (QED) is 0.0346. The Morgan fingerprint density at radius 2 is 1.17 bits per heavy atom. The number of amides is 9. The van der Waals surface area contributed by atoms with E-state index in [2.05, 4.69) is 31.9 Å². The molecular weight excluding hydrogens is 933 g/mol. The van der Waals surface area contributed by atoms with Crippen LogP contribution in [0.4, 0.5) is 0 Å². The summed E-state index contributed by atoms with van der Waals surface area (Å²) in [7, 11) is 0. The minimum absolute atomic E-state index is 0.00684. The Kier molecular flexibility index (Phi) is 25.0. The SMILES string of the molecule is CC(C)C[C@H](NC(=O)[C@H](CC(N)=O)NC(=O)[C@H](CCCCN)NC(=O)[C@@H]1CCCN1C(=O)[C@@H](NC(=O)[C@H](Cc1ccc(O)cc1)NC(=O)[C@@H](N)Cc1ccccc1)[C@@H](C)O)C(=O)N[C@@H](CCCCN)C(N)=O. The van der Waals surface area contributed by atoms with E-state index in [1.165, 1.54) is 24.0 Å². The number of phenols is 1. The van der Waals surface area contributed by atoms with Crippen molar-refractivity contribution in [3.05, 3.63) is 65.7 Å². The molecule has 72 heavy (non-hydrogen) atoms. The van der Waals surface area contributed by atoms with E-state index >= 15 is 0 Å². The average molecular weight is 1010 g/mol. The molecule has 1 saturated heterocycles. The maximum Gasteiger partial charge on any atom is 0.248 e. The molecule has 0 radical (unpaired) electrons. The summed E-state index contributed by atoms with van der Waals surface area (Å²) in [4.78, 5) is 123. The third-order valence-electron chi connectivity index (χ3n) is 12.1. The number of hydrogen-bond acceptors (Lipinski definition) is 14. The van der Waals surface area contributed by atoms with Gasteiger partial charge in [-0.15, -0.1) is 0 Å². The molecule has 9 amide bonds. The van der Waals surface area contributed by atoms with Crippen molar-refractivity contribution < 1.29 is 53.4 Å². The number of nitrogens with zero attached hydrogens (tertiary/aromatic N) is 1. The van der Waals surface area contributed by atoms with Crippen LogP contribution in [0.1, 0.15) is 96.1 Å². The maximum atomic E-state index is 14.3. The van der Waals surface area contributed by atoms with Gasteiger partial charge in [-0.2, -0.15) is 0 Å². The lowest BCUT2D eigenvalue weighted by atomic mass is 10.0. The van der Waals surface area contributed by atoms with E-state index < -0.39 is 114 Å². The van der Waals surface area contributed by atoms with E-state index in [-0.39, 0.29) is 63.3 Å². The highest BCUT2D eigenvalue weighted by Crippen LogP contribution is 2.21. The topological polar surface area (TPSA) is 400 Å². The number of benzene rings is 2. The zero-order valence-electron chi connectivity index (χ0n) is 41.5. The molecule has 1 aliphatic rings. The molecule has 0 spiro atoms. The van der Waals surface area contributed by atoms with Gasteiger partial charge in [0.15, 0.2) is 0 Å². The summed E-state index contributed by atoms with van der Waals surface area (Å²) in [5.41, 5.74) is 29.9. The van der Waals surface area contributed by atoms with Crippen molar-refractivity contribution >= 4 is 53.2 Å². The van der Waals surface area contributed by atoms with Crippen LogP contribution in [-0.2, 0) is 56.0 Å². The fourth-order valence-electron chi connectivity index (χ4n) is 8.18. The summed E-state index contributed by atoms with van der Waals surface area (Å²) < 4.78 is 0. The molecule has 9 atom stereocenters. The second-order valence-corrected chi connectivity index (χ2v) is 18.7. The molecule has 0 unspecified atom stereocenters. The summed E-state index contributed by atoms with van der Waals surface area (Å²) in [6.07, 6.45) is 0.463. The van der Waals surface area contributed by atoms with Crippen molar-refractivity contribution in [3.8, 4) is 5.75 Å². The molecule has 0 aliphatic carbocycles. The number of nitrogens with one attached hydrogen (secondary N) is 6. The number of aliphatic hydroxyl groups is 1. The molecule has 3 rings (SSSR count). The third-order valence-corrected chi connectivity index (χ3v) is 12.1. The summed E-state index contributed by atoms with van der Waals surface area (Å²) in [5, 5.41) is 36.3. The fraction of sp³-hybridized carbons (Fsp3) is 0.571. The molecule has 23 heteroatoms. The Balaban J connectivity index is 1.82. The van der Waals surface area contributed by atoms with E-state index in [0.717, 1.165) is 5.56 Å². The Morgan fingerprint density at radius 1 is 0.639 bits per heavy atom. The number of hydrogen-bond donors (Lipinski definition) is 13. The van der Waals surface area contributed by atoms with Crippen LogP contribution in [0.5, 0.6) is 5.75 Å². The number of unbranched alkanes of at least 4 members (excludes halogenated alkanes) is 2. The van der Waals surface area contributed by atoms with Gasteiger partial charge in [0.2, 0.25) is 53.2 Å². The van der Waals surface area contributed by atoms with Crippen molar-refractivity contribution in [1.82, 2.24) is 36.8 Å². The highest BCUT2D eigenvalue weighted by Gasteiger charge is 2.41. The van der Waals surface area contributed by atoms with Crippen LogP contribution in [0, 0.1) is 5.92 Å². The number of aliphatic hydroxyl groups excluding tert-OH is 1. The Bertz CT molecular complexity index is 2130. The first-order valence-electron chi connectivity index (χ1n) is 24.5. The minimum Gasteiger partial charge on any atom is -0.508 e. The van der Waals surface area contributed by atoms with Gasteiger partial charge in [0.1, 0.15) is 48.0 Å². The minimum atomic E-state index is -1.62. The van der Waals surface area contributed by atoms with E-state index in [4.69, 9.17) is 28.7 Å². The lowest BCUT2D eigenvalue weighted by Crippen LogP contribution is -2.61. The Labute approximate surface area is 420 Å². The second-order valence-electron chi connectivity index (χ2n) is 18.7. The average Bonchev–Trinajstić information content (AvgIpc) is 3.83. The van der Waals surface area contributed by atoms with Crippen LogP contribution < -0.4 is 60.6 Å². The van der Waals surface area contributed by atoms with E-state index in [1.807, 2.05) is 6.07 Å². The molecule has 0 aromatic heterocycles. The summed E-state index contributed by atoms with van der Waals surface area (Å²) in [6.45, 7) is 5.49. The van der Waals surface area contributed by atoms with Gasteiger partial charge in [-0.3, -0.25) is 43.2 Å². The fourth-order valence-corrected chi connectivity index (χ4v) is 8.18. The van der Waals surface area contributed by atoms with Crippen molar-refractivity contribution in [3.63, 3.8) is 0 Å². The lowest BCUT2D eigenvalue weighted by molar-refractivity contribution is -0.144. The predicted molar refractivity (Wildman–Crippen MR) is 266 cm³/mol. The third kappa shape index (κ3) is 19.8. The molecular formula is C49H76N12O11. The van der Waals surface area contributed by atoms with Gasteiger partial charge in [0.25, 0.3) is 0 Å². The first-order chi connectivity index (χ1) is 34.1. The molecule has 1 heterocycles. The smallest absolute Gasteiger partial charge is 0.248 e. The van der Waals surface area contributed by atoms with Crippen molar-refractivity contribution in [2.45, 2.75) is 152 Å². The normalized spacial score (nSPS) is 16.7. The predicted octanol–water partition coefficient (Wildman–Crippen LogP) is -2.55. The molecule has 1 fully saturated rings. The van der Waals surface area contributed by atoms with Crippen LogP contribution >= 0.6 is 0 Å². The largest absolute Gasteiger partial charge is 0.508 e. The van der Waals surface area contributed by atoms with Gasteiger partial charge < -0.3 is 75.7 Å². The Morgan fingerprint density at radius 3 is 1.74 bits per heavy atom. The van der Waals surface area contributed by atoms with Crippen molar-refractivity contribution in [1.29, 1.82) is 0 Å². The number of likely N-dealkylation sites (tertiary alicyclic amines) is 1. The lowest BCUT2D eigenvalue weighted by Gasteiger charge is -2.32. The number of carbonyl (C=O) groups is 9. The number of nitrogens with two attached hydrogens (primary N) is 5. The molecule has 0 saturated carbocycles. The first-order valence-corrected chi connectivity index (χ1v) is 24.5. The van der Waals surface area contributed by atoms with E-state index in [1.54, 1.807) is 50.2 Å². The zero-order valence-corrected chi connectivity index (χ0v) is 41.5. The highest BCUT2D eigenvalue weighted by molar-refractivity contribution is 5.99. The van der Waals surface area contributed by atoms with Gasteiger partial charge in [0, 0.05) is 13.0 Å². The van der Waals surface area contributed by atoms with Crippen LogP contribution in [0.15, 0.2) is 54.6 Å². The second kappa shape index (κ2) is 30.3. The Hall–Kier alpha value is -6.69. The number of phenolic OH excluding ortho intramolecular Hbond substituents is 1. The van der Waals surface area contributed by atoms with Crippen LogP contribution in [-0.4, -0.2) is 142 Å². The molecule has 0 bridgehead atoms. The standard InChI is InChI=1S/C49H76N12O11/c1-28(2)24-36(45(68)55-34(42(54)65)14-7-9-21-50)58-46(69)38(27-40(53)64)59-44(67)35(15-8-10-22-51)56-48(71)39-16-11-23-61(39)49(72)41(29(3)62)60-47(70)37(26-31-17-19-32(63)20-18-31)57-43(66)33(52)25-30-12-5-4-6-13-30/h4-6,12-13,17-20,28-29,33-39,41,62-63H,7-11,14-16,21-27,50-52H2,1-3H3,(H2,53,64)(H2,54,65)(H,55,68)(H,56,71)(H,57,66)(H,58,69)(H,59,67)(H,60,70)/t29-,33+,34+,35+,36+,37+,38+,39+,41+/m1/s1. The highest BCUT2D eigenvalue weighted by atomic mass is 16.3. The van der Waals surface area contributed by atoms with Gasteiger partial charge in [-0.25, -0.2) is 0 Å². The summed E-state index contributed by atoms with van der Waals surface area (Å²) >= 11 is 0. The maximum absolute atomic E-state index is 14.3. The van der Waals surface area contributed by atoms with E-state index in [0.29, 0.717) is 44.2 Å². The van der Waals surface area contributed by atoms with Crippen LogP contribution in [0.2, 0.25) is 0 Å². The van der Waals surface area contributed by atoms with Gasteiger partial charge in [-0.1, -0.05) is 56.3 Å². The van der Waals surface area contributed by atoms with Crippen molar-refractivity contribution in [2.24, 2.45) is 34.6 Å². The molecule has 18 N–H and O–H groups in total. The van der Waals surface area contributed by atoms with Crippen LogP contribution in [0.3, 0.4) is 0 Å². The zero-order chi connectivity index (χ0) is 53.5. The van der Waals surface area contributed by atoms with Crippen LogP contribution in [0.25, 0.3) is 0 Å². The molecule has 2 aromatic rings. The molecule has 23 nitrogen and oxygen atoms in total. The monoisotopic (exact) mass is 1010 g/mol.